The highest BCUT2D eigenvalue weighted by atomic mass is 32.2. The quantitative estimate of drug-likeness (QED) is 0.594. The van der Waals surface area contributed by atoms with Crippen LogP contribution in [0.5, 0.6) is 5.75 Å². The van der Waals surface area contributed by atoms with Gasteiger partial charge in [0.2, 0.25) is 0 Å². The van der Waals surface area contributed by atoms with Gasteiger partial charge in [-0.1, -0.05) is 39.8 Å². The number of rotatable bonds is 3. The van der Waals surface area contributed by atoms with Crippen molar-refractivity contribution in [2.24, 2.45) is 5.41 Å². The van der Waals surface area contributed by atoms with Gasteiger partial charge in [-0.2, -0.15) is 0 Å². The monoisotopic (exact) mass is 328 g/mol. The molecular weight excluding hydrogens is 304 g/mol. The fraction of sp³-hybridized carbons (Fsp3) is 0.474. The minimum absolute atomic E-state index is 0.00219. The first-order valence-corrected chi connectivity index (χ1v) is 9.27. The molecule has 4 heteroatoms. The third-order valence-corrected chi connectivity index (χ3v) is 5.33. The Balaban J connectivity index is 2.20. The van der Waals surface area contributed by atoms with Gasteiger partial charge in [0, 0.05) is 28.7 Å². The first-order valence-electron chi connectivity index (χ1n) is 8.04. The Morgan fingerprint density at radius 2 is 2.04 bits per heavy atom. The van der Waals surface area contributed by atoms with Crippen LogP contribution in [-0.4, -0.2) is 22.8 Å². The van der Waals surface area contributed by atoms with Gasteiger partial charge < -0.3 is 4.74 Å². The number of hydrogen-bond acceptors (Lipinski definition) is 4. The maximum atomic E-state index is 6.05. The Labute approximate surface area is 142 Å². The Bertz CT molecular complexity index is 712. The Kier molecular flexibility index (Phi) is 4.37. The molecule has 0 bridgehead atoms. The van der Waals surface area contributed by atoms with Crippen LogP contribution in [0.2, 0.25) is 0 Å². The fourth-order valence-corrected chi connectivity index (χ4v) is 3.90. The van der Waals surface area contributed by atoms with Crippen molar-refractivity contribution in [2.75, 3.05) is 12.9 Å². The van der Waals surface area contributed by atoms with Crippen molar-refractivity contribution in [3.05, 3.63) is 47.4 Å². The molecular formula is C19H24N2OS. The van der Waals surface area contributed by atoms with E-state index in [1.54, 1.807) is 18.1 Å². The van der Waals surface area contributed by atoms with E-state index in [1.165, 1.54) is 16.7 Å². The molecule has 0 fully saturated rings. The molecule has 0 radical (unpaired) electrons. The highest BCUT2D eigenvalue weighted by molar-refractivity contribution is 7.98. The van der Waals surface area contributed by atoms with Crippen LogP contribution in [0, 0.1) is 5.41 Å². The van der Waals surface area contributed by atoms with Crippen LogP contribution >= 0.6 is 11.8 Å². The second-order valence-electron chi connectivity index (χ2n) is 7.15. The molecule has 0 amide bonds. The van der Waals surface area contributed by atoms with Gasteiger partial charge in [-0.15, -0.1) is 11.8 Å². The van der Waals surface area contributed by atoms with Crippen molar-refractivity contribution < 1.29 is 4.74 Å². The molecule has 1 aliphatic heterocycles. The van der Waals surface area contributed by atoms with Gasteiger partial charge in [-0.25, -0.2) is 9.97 Å². The molecule has 0 saturated heterocycles. The number of ether oxygens (including phenoxy) is 1. The summed E-state index contributed by atoms with van der Waals surface area (Å²) in [5.41, 5.74) is 3.81. The van der Waals surface area contributed by atoms with Crippen molar-refractivity contribution in [1.29, 1.82) is 0 Å². The van der Waals surface area contributed by atoms with Gasteiger partial charge in [0.25, 0.3) is 0 Å². The summed E-state index contributed by atoms with van der Waals surface area (Å²) in [6.07, 6.45) is 5.68. The van der Waals surface area contributed by atoms with Gasteiger partial charge in [0.15, 0.2) is 0 Å². The van der Waals surface area contributed by atoms with Gasteiger partial charge in [-0.3, -0.25) is 0 Å². The van der Waals surface area contributed by atoms with E-state index in [0.29, 0.717) is 12.5 Å². The molecule has 1 atom stereocenters. The van der Waals surface area contributed by atoms with E-state index >= 15 is 0 Å². The summed E-state index contributed by atoms with van der Waals surface area (Å²) < 4.78 is 6.05. The molecule has 2 aromatic rings. The molecule has 2 heterocycles. The summed E-state index contributed by atoms with van der Waals surface area (Å²) in [6, 6.07) is 6.61. The number of nitrogens with zero attached hydrogens (tertiary/aromatic N) is 2. The third kappa shape index (κ3) is 2.97. The van der Waals surface area contributed by atoms with Crippen LogP contribution in [0.25, 0.3) is 0 Å². The van der Waals surface area contributed by atoms with Crippen LogP contribution in [0.15, 0.2) is 35.7 Å². The highest BCUT2D eigenvalue weighted by Gasteiger charge is 2.40. The van der Waals surface area contributed by atoms with E-state index in [0.717, 1.165) is 10.8 Å². The predicted molar refractivity (Wildman–Crippen MR) is 95.5 cm³/mol. The van der Waals surface area contributed by atoms with Crippen LogP contribution in [0.3, 0.4) is 0 Å². The largest absolute Gasteiger partial charge is 0.493 e. The summed E-state index contributed by atoms with van der Waals surface area (Å²) >= 11 is 1.68. The molecule has 3 nitrogen and oxygen atoms in total. The van der Waals surface area contributed by atoms with E-state index in [-0.39, 0.29) is 11.3 Å². The molecule has 0 aliphatic carbocycles. The van der Waals surface area contributed by atoms with E-state index in [9.17, 15) is 0 Å². The number of thioether (sulfide) groups is 1. The van der Waals surface area contributed by atoms with Crippen molar-refractivity contribution >= 4 is 11.8 Å². The number of hydrogen-bond donors (Lipinski definition) is 0. The predicted octanol–water partition coefficient (Wildman–Crippen LogP) is 4.87. The molecule has 0 N–H and O–H groups in total. The zero-order chi connectivity index (χ0) is 16.6. The standard InChI is InChI=1S/C19H24N2OS/c1-12(2)13-6-7-16-14(8-13)17(19(3,4)10-22-16)15-9-20-11-21-18(15)23-5/h6-9,11-12,17H,10H2,1-5H3. The van der Waals surface area contributed by atoms with Crippen LogP contribution in [0.1, 0.15) is 56.2 Å². The van der Waals surface area contributed by atoms with E-state index in [1.807, 2.05) is 6.20 Å². The summed E-state index contributed by atoms with van der Waals surface area (Å²) in [4.78, 5) is 8.78. The Morgan fingerprint density at radius 1 is 1.26 bits per heavy atom. The lowest BCUT2D eigenvalue weighted by Crippen LogP contribution is -2.35. The molecule has 122 valence electrons. The molecule has 23 heavy (non-hydrogen) atoms. The molecule has 1 aromatic heterocycles. The lowest BCUT2D eigenvalue weighted by atomic mass is 9.70. The Morgan fingerprint density at radius 3 is 2.74 bits per heavy atom. The van der Waals surface area contributed by atoms with Gasteiger partial charge in [0.05, 0.1) is 6.61 Å². The molecule has 0 saturated carbocycles. The summed E-state index contributed by atoms with van der Waals surface area (Å²) in [5, 5.41) is 1.06. The topological polar surface area (TPSA) is 35.0 Å². The first kappa shape index (κ1) is 16.3. The van der Waals surface area contributed by atoms with Crippen LogP contribution < -0.4 is 4.74 Å². The van der Waals surface area contributed by atoms with Gasteiger partial charge >= 0.3 is 0 Å². The third-order valence-electron chi connectivity index (χ3n) is 4.60. The zero-order valence-electron chi connectivity index (χ0n) is 14.5. The van der Waals surface area contributed by atoms with Gasteiger partial charge in [0.1, 0.15) is 17.1 Å². The number of fused-ring (bicyclic) bond motifs is 1. The average Bonchev–Trinajstić information content (AvgIpc) is 2.53. The average molecular weight is 328 g/mol. The second-order valence-corrected chi connectivity index (χ2v) is 7.94. The maximum absolute atomic E-state index is 6.05. The number of benzene rings is 1. The molecule has 1 unspecified atom stereocenters. The van der Waals surface area contributed by atoms with E-state index in [4.69, 9.17) is 4.74 Å². The van der Waals surface area contributed by atoms with Crippen molar-refractivity contribution in [2.45, 2.75) is 44.6 Å². The molecule has 1 aromatic carbocycles. The normalized spacial score (nSPS) is 19.3. The minimum Gasteiger partial charge on any atom is -0.493 e. The molecule has 0 spiro atoms. The lowest BCUT2D eigenvalue weighted by Gasteiger charge is -2.40. The minimum atomic E-state index is -0.00219. The first-order chi connectivity index (χ1) is 10.9. The smallest absolute Gasteiger partial charge is 0.123 e. The summed E-state index contributed by atoms with van der Waals surface area (Å²) in [6.45, 7) is 9.68. The summed E-state index contributed by atoms with van der Waals surface area (Å²) in [7, 11) is 0. The van der Waals surface area contributed by atoms with Gasteiger partial charge in [-0.05, 0) is 23.8 Å². The fourth-order valence-electron chi connectivity index (χ4n) is 3.34. The summed E-state index contributed by atoms with van der Waals surface area (Å²) in [5.74, 6) is 1.74. The Hall–Kier alpha value is -1.55. The SMILES string of the molecule is CSc1ncncc1C1c2cc(C(C)C)ccc2OCC1(C)C. The van der Waals surface area contributed by atoms with Crippen molar-refractivity contribution in [3.8, 4) is 5.75 Å². The van der Waals surface area contributed by atoms with Crippen LogP contribution in [0.4, 0.5) is 0 Å². The molecule has 1 aliphatic rings. The van der Waals surface area contributed by atoms with E-state index < -0.39 is 0 Å². The van der Waals surface area contributed by atoms with Crippen LogP contribution in [-0.2, 0) is 0 Å². The van der Waals surface area contributed by atoms with Crippen molar-refractivity contribution in [1.82, 2.24) is 9.97 Å². The van der Waals surface area contributed by atoms with Crippen molar-refractivity contribution in [3.63, 3.8) is 0 Å². The number of aromatic nitrogens is 2. The maximum Gasteiger partial charge on any atom is 0.123 e. The highest BCUT2D eigenvalue weighted by Crippen LogP contribution is 2.50. The zero-order valence-corrected chi connectivity index (χ0v) is 15.3. The van der Waals surface area contributed by atoms with E-state index in [2.05, 4.69) is 62.1 Å². The second kappa shape index (κ2) is 6.16. The molecule has 3 rings (SSSR count). The lowest BCUT2D eigenvalue weighted by molar-refractivity contribution is 0.133.